The lowest BCUT2D eigenvalue weighted by Gasteiger charge is -2.44. The number of nitrogens with zero attached hydrogens (tertiary/aromatic N) is 3. The van der Waals surface area contributed by atoms with Gasteiger partial charge in [-0.15, -0.1) is 0 Å². The normalized spacial score (nSPS) is 18.4. The standard InChI is InChI=1S/C28H28FN3O2/c1-20-17-32(21(2)16-31(20)18-23-5-11-26(29)12-6-23)28(33)19-34-27-13-9-25(10-14-27)24-7-3-22(15-30)4-8-24/h3-14,20-21H,16-19H2,1-2H3/t20-,21+/m0/s1. The molecule has 34 heavy (non-hydrogen) atoms. The van der Waals surface area contributed by atoms with E-state index in [1.54, 1.807) is 12.1 Å². The van der Waals surface area contributed by atoms with Crippen LogP contribution in [-0.4, -0.2) is 47.5 Å². The van der Waals surface area contributed by atoms with Crippen molar-refractivity contribution >= 4 is 5.91 Å². The smallest absolute Gasteiger partial charge is 0.260 e. The fourth-order valence-electron chi connectivity index (χ4n) is 4.30. The zero-order chi connectivity index (χ0) is 24.1. The van der Waals surface area contributed by atoms with E-state index in [0.29, 0.717) is 17.9 Å². The number of nitriles is 1. The number of carbonyl (C=O) groups is 1. The minimum absolute atomic E-state index is 0.00870. The second kappa shape index (κ2) is 10.5. The highest BCUT2D eigenvalue weighted by Gasteiger charge is 2.32. The highest BCUT2D eigenvalue weighted by Crippen LogP contribution is 2.23. The van der Waals surface area contributed by atoms with Gasteiger partial charge in [0.05, 0.1) is 11.6 Å². The Hall–Kier alpha value is -3.69. The van der Waals surface area contributed by atoms with E-state index in [2.05, 4.69) is 17.9 Å². The minimum atomic E-state index is -0.232. The number of hydrogen-bond acceptors (Lipinski definition) is 4. The van der Waals surface area contributed by atoms with Crippen LogP contribution < -0.4 is 4.74 Å². The van der Waals surface area contributed by atoms with Crippen LogP contribution in [0.3, 0.4) is 0 Å². The summed E-state index contributed by atoms with van der Waals surface area (Å²) in [5.74, 6) is 0.378. The summed E-state index contributed by atoms with van der Waals surface area (Å²) in [7, 11) is 0. The van der Waals surface area contributed by atoms with Gasteiger partial charge in [-0.05, 0) is 66.9 Å². The Labute approximate surface area is 200 Å². The molecule has 0 unspecified atom stereocenters. The van der Waals surface area contributed by atoms with E-state index in [1.165, 1.54) is 12.1 Å². The molecule has 174 valence electrons. The topological polar surface area (TPSA) is 56.6 Å². The average molecular weight is 458 g/mol. The third-order valence-electron chi connectivity index (χ3n) is 6.30. The molecule has 1 aliphatic heterocycles. The summed E-state index contributed by atoms with van der Waals surface area (Å²) >= 11 is 0. The lowest BCUT2D eigenvalue weighted by atomic mass is 10.0. The highest BCUT2D eigenvalue weighted by atomic mass is 19.1. The van der Waals surface area contributed by atoms with Crippen LogP contribution in [0.15, 0.2) is 72.8 Å². The number of carbonyl (C=O) groups excluding carboxylic acids is 1. The molecule has 3 aromatic carbocycles. The first kappa shape index (κ1) is 23.5. The fourth-order valence-corrected chi connectivity index (χ4v) is 4.30. The number of amides is 1. The van der Waals surface area contributed by atoms with Gasteiger partial charge in [-0.1, -0.05) is 36.4 Å². The van der Waals surface area contributed by atoms with Crippen molar-refractivity contribution in [2.45, 2.75) is 32.5 Å². The number of ether oxygens (including phenoxy) is 1. The molecule has 6 heteroatoms. The van der Waals surface area contributed by atoms with Gasteiger partial charge in [0.1, 0.15) is 11.6 Å². The van der Waals surface area contributed by atoms with Crippen LogP contribution in [0.5, 0.6) is 5.75 Å². The molecule has 0 N–H and O–H groups in total. The number of hydrogen-bond donors (Lipinski definition) is 0. The molecular formula is C28H28FN3O2. The fraction of sp³-hybridized carbons (Fsp3) is 0.286. The van der Waals surface area contributed by atoms with Crippen molar-refractivity contribution < 1.29 is 13.9 Å². The third-order valence-corrected chi connectivity index (χ3v) is 6.30. The predicted octanol–water partition coefficient (Wildman–Crippen LogP) is 4.86. The van der Waals surface area contributed by atoms with Gasteiger partial charge in [0.25, 0.3) is 5.91 Å². The van der Waals surface area contributed by atoms with Gasteiger partial charge in [-0.2, -0.15) is 5.26 Å². The maximum atomic E-state index is 13.2. The van der Waals surface area contributed by atoms with E-state index in [4.69, 9.17) is 10.00 Å². The van der Waals surface area contributed by atoms with Gasteiger partial charge >= 0.3 is 0 Å². The SMILES string of the molecule is C[C@@H]1CN(Cc2ccc(F)cc2)[C@@H](C)CN1C(=O)COc1ccc(-c2ccc(C#N)cc2)cc1. The molecule has 0 aromatic heterocycles. The molecule has 4 rings (SSSR count). The predicted molar refractivity (Wildman–Crippen MR) is 130 cm³/mol. The average Bonchev–Trinajstić information content (AvgIpc) is 2.86. The summed E-state index contributed by atoms with van der Waals surface area (Å²) in [4.78, 5) is 17.1. The number of benzene rings is 3. The third kappa shape index (κ3) is 5.62. The minimum Gasteiger partial charge on any atom is -0.484 e. The Bertz CT molecular complexity index is 1150. The number of rotatable bonds is 6. The summed E-state index contributed by atoms with van der Waals surface area (Å²) in [5.41, 5.74) is 3.72. The van der Waals surface area contributed by atoms with Crippen LogP contribution in [0.1, 0.15) is 25.0 Å². The van der Waals surface area contributed by atoms with E-state index in [0.717, 1.165) is 29.8 Å². The molecule has 1 fully saturated rings. The van der Waals surface area contributed by atoms with Gasteiger partial charge in [0, 0.05) is 31.7 Å². The molecule has 3 aromatic rings. The zero-order valence-corrected chi connectivity index (χ0v) is 19.4. The zero-order valence-electron chi connectivity index (χ0n) is 19.4. The van der Waals surface area contributed by atoms with Gasteiger partial charge in [0.15, 0.2) is 6.61 Å². The van der Waals surface area contributed by atoms with Gasteiger partial charge in [-0.25, -0.2) is 4.39 Å². The van der Waals surface area contributed by atoms with Crippen LogP contribution in [0.2, 0.25) is 0 Å². The Morgan fingerprint density at radius 1 is 0.941 bits per heavy atom. The second-order valence-corrected chi connectivity index (χ2v) is 8.80. The van der Waals surface area contributed by atoms with Crippen LogP contribution in [-0.2, 0) is 11.3 Å². The van der Waals surface area contributed by atoms with E-state index >= 15 is 0 Å². The Balaban J connectivity index is 1.30. The first-order valence-electron chi connectivity index (χ1n) is 11.4. The maximum Gasteiger partial charge on any atom is 0.260 e. The van der Waals surface area contributed by atoms with Crippen LogP contribution in [0.25, 0.3) is 11.1 Å². The van der Waals surface area contributed by atoms with E-state index in [1.807, 2.05) is 60.4 Å². The lowest BCUT2D eigenvalue weighted by molar-refractivity contribution is -0.139. The van der Waals surface area contributed by atoms with Crippen molar-refractivity contribution in [3.8, 4) is 22.9 Å². The van der Waals surface area contributed by atoms with Crippen LogP contribution in [0.4, 0.5) is 4.39 Å². The van der Waals surface area contributed by atoms with Crippen molar-refractivity contribution in [3.05, 3.63) is 89.7 Å². The monoisotopic (exact) mass is 457 g/mol. The summed E-state index contributed by atoms with van der Waals surface area (Å²) in [6.07, 6.45) is 0. The molecule has 1 saturated heterocycles. The number of halogens is 1. The Morgan fingerprint density at radius 3 is 2.18 bits per heavy atom. The Morgan fingerprint density at radius 2 is 1.56 bits per heavy atom. The first-order valence-corrected chi connectivity index (χ1v) is 11.4. The number of piperazine rings is 1. The quantitative estimate of drug-likeness (QED) is 0.530. The molecule has 0 aliphatic carbocycles. The van der Waals surface area contributed by atoms with Crippen LogP contribution in [0, 0.1) is 17.1 Å². The van der Waals surface area contributed by atoms with Crippen molar-refractivity contribution in [1.82, 2.24) is 9.80 Å². The van der Waals surface area contributed by atoms with Gasteiger partial charge in [-0.3, -0.25) is 9.69 Å². The molecule has 0 saturated carbocycles. The molecule has 1 amide bonds. The highest BCUT2D eigenvalue weighted by molar-refractivity contribution is 5.78. The maximum absolute atomic E-state index is 13.2. The molecule has 2 atom stereocenters. The van der Waals surface area contributed by atoms with Crippen molar-refractivity contribution in [2.24, 2.45) is 0 Å². The molecular weight excluding hydrogens is 429 g/mol. The van der Waals surface area contributed by atoms with Crippen LogP contribution >= 0.6 is 0 Å². The van der Waals surface area contributed by atoms with Crippen molar-refractivity contribution in [2.75, 3.05) is 19.7 Å². The Kier molecular flexibility index (Phi) is 7.24. The molecule has 1 heterocycles. The molecule has 1 aliphatic rings. The summed E-state index contributed by atoms with van der Waals surface area (Å²) in [6.45, 7) is 6.26. The van der Waals surface area contributed by atoms with E-state index in [-0.39, 0.29) is 30.4 Å². The molecule has 0 radical (unpaired) electrons. The van der Waals surface area contributed by atoms with Crippen molar-refractivity contribution in [3.63, 3.8) is 0 Å². The largest absolute Gasteiger partial charge is 0.484 e. The van der Waals surface area contributed by atoms with E-state index < -0.39 is 0 Å². The summed E-state index contributed by atoms with van der Waals surface area (Å²) < 4.78 is 19.0. The lowest BCUT2D eigenvalue weighted by Crippen LogP contribution is -2.58. The van der Waals surface area contributed by atoms with Crippen molar-refractivity contribution in [1.29, 1.82) is 5.26 Å². The second-order valence-electron chi connectivity index (χ2n) is 8.80. The summed E-state index contributed by atoms with van der Waals surface area (Å²) in [6, 6.07) is 24.0. The molecule has 0 bridgehead atoms. The first-order chi connectivity index (χ1) is 16.4. The van der Waals surface area contributed by atoms with E-state index in [9.17, 15) is 9.18 Å². The van der Waals surface area contributed by atoms with Gasteiger partial charge < -0.3 is 9.64 Å². The van der Waals surface area contributed by atoms with Gasteiger partial charge in [0.2, 0.25) is 0 Å². The summed E-state index contributed by atoms with van der Waals surface area (Å²) in [5, 5.41) is 8.93. The molecule has 0 spiro atoms. The molecule has 5 nitrogen and oxygen atoms in total.